The number of nitrogens with zero attached hydrogens (tertiary/aromatic N) is 3. The third-order valence-electron chi connectivity index (χ3n) is 7.67. The van der Waals surface area contributed by atoms with E-state index in [0.717, 1.165) is 25.9 Å². The predicted octanol–water partition coefficient (Wildman–Crippen LogP) is 2.20. The van der Waals surface area contributed by atoms with Crippen LogP contribution < -0.4 is 4.74 Å². The van der Waals surface area contributed by atoms with Gasteiger partial charge in [-0.3, -0.25) is 4.79 Å². The first-order chi connectivity index (χ1) is 17.3. The van der Waals surface area contributed by atoms with Crippen molar-refractivity contribution >= 4 is 15.9 Å². The topological polar surface area (TPSA) is 88.6 Å². The molecular weight excluding hydrogens is 482 g/mol. The number of carbonyl (C=O) groups excluding carboxylic acids is 1. The molecule has 1 aromatic rings. The minimum atomic E-state index is -3.77. The molecule has 4 rings (SSSR count). The number of benzene rings is 1. The van der Waals surface area contributed by atoms with E-state index in [1.54, 1.807) is 33.1 Å². The zero-order valence-electron chi connectivity index (χ0n) is 21.9. The van der Waals surface area contributed by atoms with Gasteiger partial charge in [0, 0.05) is 25.7 Å². The van der Waals surface area contributed by atoms with E-state index in [-0.39, 0.29) is 32.3 Å². The van der Waals surface area contributed by atoms with Gasteiger partial charge in [-0.1, -0.05) is 6.42 Å². The molecule has 0 N–H and O–H groups in total. The highest BCUT2D eigenvalue weighted by Gasteiger charge is 2.36. The summed E-state index contributed by atoms with van der Waals surface area (Å²) in [6.45, 7) is 8.32. The summed E-state index contributed by atoms with van der Waals surface area (Å²) in [6.07, 6.45) is 5.91. The maximum atomic E-state index is 13.6. The Morgan fingerprint density at radius 1 is 1.03 bits per heavy atom. The monoisotopic (exact) mass is 523 g/mol. The Morgan fingerprint density at radius 2 is 1.69 bits per heavy atom. The van der Waals surface area contributed by atoms with Gasteiger partial charge in [0.05, 0.1) is 37.9 Å². The average molecular weight is 524 g/mol. The molecule has 0 aromatic heterocycles. The lowest BCUT2D eigenvalue weighted by molar-refractivity contribution is -0.138. The largest absolute Gasteiger partial charge is 0.497 e. The lowest BCUT2D eigenvalue weighted by atomic mass is 10.00. The molecule has 0 unspecified atom stereocenters. The quantitative estimate of drug-likeness (QED) is 0.516. The van der Waals surface area contributed by atoms with Gasteiger partial charge in [0.2, 0.25) is 15.9 Å². The van der Waals surface area contributed by atoms with Crippen LogP contribution in [-0.2, 0) is 24.3 Å². The Balaban J connectivity index is 1.31. The minimum Gasteiger partial charge on any atom is -0.497 e. The van der Waals surface area contributed by atoms with Crippen LogP contribution in [0.15, 0.2) is 17.0 Å². The first-order valence-corrected chi connectivity index (χ1v) is 14.6. The van der Waals surface area contributed by atoms with Gasteiger partial charge >= 0.3 is 0 Å². The summed E-state index contributed by atoms with van der Waals surface area (Å²) >= 11 is 0. The Bertz CT molecular complexity index is 980. The van der Waals surface area contributed by atoms with E-state index in [4.69, 9.17) is 14.2 Å². The van der Waals surface area contributed by atoms with Crippen LogP contribution in [0.4, 0.5) is 0 Å². The summed E-state index contributed by atoms with van der Waals surface area (Å²) in [5.41, 5.74) is 1.28. The molecule has 0 aliphatic carbocycles. The molecule has 0 radical (unpaired) electrons. The van der Waals surface area contributed by atoms with Crippen LogP contribution in [0.2, 0.25) is 0 Å². The molecule has 36 heavy (non-hydrogen) atoms. The Labute approximate surface area is 215 Å². The molecule has 3 heterocycles. The number of likely N-dealkylation sites (tertiary alicyclic amines) is 2. The van der Waals surface area contributed by atoms with E-state index in [1.165, 1.54) is 36.7 Å². The molecule has 1 aromatic carbocycles. The van der Waals surface area contributed by atoms with Gasteiger partial charge in [-0.2, -0.15) is 4.31 Å². The van der Waals surface area contributed by atoms with Gasteiger partial charge in [0.1, 0.15) is 12.4 Å². The summed E-state index contributed by atoms with van der Waals surface area (Å²) in [5.74, 6) is 0.601. The first-order valence-electron chi connectivity index (χ1n) is 13.2. The molecule has 9 nitrogen and oxygen atoms in total. The number of methoxy groups -OCH3 is 1. The third kappa shape index (κ3) is 6.22. The molecule has 202 valence electrons. The minimum absolute atomic E-state index is 0.0277. The summed E-state index contributed by atoms with van der Waals surface area (Å²) < 4.78 is 45.4. The highest BCUT2D eigenvalue weighted by atomic mass is 32.2. The molecule has 0 spiro atoms. The Morgan fingerprint density at radius 3 is 2.33 bits per heavy atom. The lowest BCUT2D eigenvalue weighted by Crippen LogP contribution is -2.51. The summed E-state index contributed by atoms with van der Waals surface area (Å²) in [4.78, 5) is 17.6. The second-order valence-electron chi connectivity index (χ2n) is 10.2. The highest BCUT2D eigenvalue weighted by Crippen LogP contribution is 2.30. The standard InChI is InChI=1S/C26H41N3O6S/c1-20-15-24(33-3)16-21(2)26(20)36(31,32)29-13-14-34-17-23(29)18-35-19-25(30)28-11-7-22(8-12-28)27-9-5-4-6-10-27/h15-16,22-23H,4-14,17-19H2,1-3H3/t23-/m0/s1. The number of rotatable bonds is 8. The second-order valence-corrected chi connectivity index (χ2v) is 12.0. The number of hydrogen-bond acceptors (Lipinski definition) is 7. The number of carbonyl (C=O) groups is 1. The first kappa shape index (κ1) is 27.3. The van der Waals surface area contributed by atoms with Gasteiger partial charge in [-0.15, -0.1) is 0 Å². The molecule has 0 saturated carbocycles. The number of ether oxygens (including phenoxy) is 3. The SMILES string of the molecule is COc1cc(C)c(S(=O)(=O)N2CCOC[C@H]2COCC(=O)N2CCC(N3CCCCC3)CC2)c(C)c1. The maximum Gasteiger partial charge on any atom is 0.248 e. The molecular formula is C26H41N3O6S. The molecule has 0 bridgehead atoms. The second kappa shape index (κ2) is 12.2. The van der Waals surface area contributed by atoms with E-state index in [1.807, 2.05) is 4.90 Å². The van der Waals surface area contributed by atoms with Crippen molar-refractivity contribution < 1.29 is 27.4 Å². The van der Waals surface area contributed by atoms with Crippen molar-refractivity contribution in [1.29, 1.82) is 0 Å². The van der Waals surface area contributed by atoms with Gasteiger partial charge in [0.25, 0.3) is 0 Å². The Kier molecular flexibility index (Phi) is 9.27. The smallest absolute Gasteiger partial charge is 0.248 e. The van der Waals surface area contributed by atoms with Crippen molar-refractivity contribution in [3.63, 3.8) is 0 Å². The van der Waals surface area contributed by atoms with Crippen LogP contribution in [0.5, 0.6) is 5.75 Å². The van der Waals surface area contributed by atoms with Crippen molar-refractivity contribution in [2.24, 2.45) is 0 Å². The molecule has 3 aliphatic heterocycles. The van der Waals surface area contributed by atoms with E-state index in [2.05, 4.69) is 4.90 Å². The van der Waals surface area contributed by atoms with Crippen molar-refractivity contribution in [2.45, 2.75) is 62.9 Å². The number of morpholine rings is 1. The predicted molar refractivity (Wildman–Crippen MR) is 137 cm³/mol. The molecule has 3 fully saturated rings. The van der Waals surface area contributed by atoms with Crippen molar-refractivity contribution in [3.05, 3.63) is 23.3 Å². The fourth-order valence-electron chi connectivity index (χ4n) is 5.78. The molecule has 1 atom stereocenters. The zero-order valence-corrected chi connectivity index (χ0v) is 22.7. The highest BCUT2D eigenvalue weighted by molar-refractivity contribution is 7.89. The van der Waals surface area contributed by atoms with Crippen LogP contribution in [0.25, 0.3) is 0 Å². The van der Waals surface area contributed by atoms with Crippen LogP contribution in [0.3, 0.4) is 0 Å². The number of aryl methyl sites for hydroxylation is 2. The zero-order chi connectivity index (χ0) is 25.7. The number of amides is 1. The van der Waals surface area contributed by atoms with E-state index in [0.29, 0.717) is 34.4 Å². The fourth-order valence-corrected chi connectivity index (χ4v) is 7.77. The number of piperidine rings is 2. The van der Waals surface area contributed by atoms with Crippen LogP contribution in [0, 0.1) is 13.8 Å². The fraction of sp³-hybridized carbons (Fsp3) is 0.731. The van der Waals surface area contributed by atoms with Gasteiger partial charge in [-0.05, 0) is 75.9 Å². The van der Waals surface area contributed by atoms with Crippen molar-refractivity contribution in [3.8, 4) is 5.75 Å². The summed E-state index contributed by atoms with van der Waals surface area (Å²) in [7, 11) is -2.20. The molecule has 3 saturated heterocycles. The van der Waals surface area contributed by atoms with Crippen LogP contribution in [-0.4, -0.2) is 107 Å². The van der Waals surface area contributed by atoms with Crippen LogP contribution >= 0.6 is 0 Å². The average Bonchev–Trinajstić information content (AvgIpc) is 2.89. The number of hydrogen-bond donors (Lipinski definition) is 0. The van der Waals surface area contributed by atoms with Crippen molar-refractivity contribution in [2.75, 3.05) is 66.3 Å². The van der Waals surface area contributed by atoms with E-state index >= 15 is 0 Å². The van der Waals surface area contributed by atoms with Crippen LogP contribution in [0.1, 0.15) is 43.2 Å². The molecule has 10 heteroatoms. The van der Waals surface area contributed by atoms with Gasteiger partial charge in [0.15, 0.2) is 0 Å². The third-order valence-corrected chi connectivity index (χ3v) is 9.93. The van der Waals surface area contributed by atoms with Gasteiger partial charge in [-0.25, -0.2) is 8.42 Å². The van der Waals surface area contributed by atoms with E-state index < -0.39 is 16.1 Å². The number of sulfonamides is 1. The maximum absolute atomic E-state index is 13.6. The normalized spacial score (nSPS) is 23.1. The van der Waals surface area contributed by atoms with E-state index in [9.17, 15) is 13.2 Å². The Hall–Kier alpha value is -1.72. The molecule has 1 amide bonds. The van der Waals surface area contributed by atoms with Crippen molar-refractivity contribution in [1.82, 2.24) is 14.1 Å². The van der Waals surface area contributed by atoms with Gasteiger partial charge < -0.3 is 24.0 Å². The molecule has 3 aliphatic rings. The summed E-state index contributed by atoms with van der Waals surface area (Å²) in [6, 6.07) is 3.57. The lowest BCUT2D eigenvalue weighted by Gasteiger charge is -2.40. The summed E-state index contributed by atoms with van der Waals surface area (Å²) in [5, 5.41) is 0.